The number of carbonyl (C=O) groups is 1. The van der Waals surface area contributed by atoms with Gasteiger partial charge in [-0.15, -0.1) is 11.3 Å². The van der Waals surface area contributed by atoms with Crippen LogP contribution < -0.4 is 4.90 Å². The van der Waals surface area contributed by atoms with E-state index in [0.717, 1.165) is 35.9 Å². The van der Waals surface area contributed by atoms with E-state index in [-0.39, 0.29) is 18.0 Å². The van der Waals surface area contributed by atoms with Crippen molar-refractivity contribution in [1.29, 1.82) is 0 Å². The van der Waals surface area contributed by atoms with E-state index in [1.54, 1.807) is 23.7 Å². The van der Waals surface area contributed by atoms with Crippen LogP contribution in [0.1, 0.15) is 22.6 Å². The lowest BCUT2D eigenvalue weighted by Crippen LogP contribution is -2.70. The summed E-state index contributed by atoms with van der Waals surface area (Å²) >= 11 is 1.57. The van der Waals surface area contributed by atoms with Gasteiger partial charge in [-0.05, 0) is 24.8 Å². The highest BCUT2D eigenvalue weighted by atomic mass is 32.1. The predicted molar refractivity (Wildman–Crippen MR) is 97.2 cm³/mol. The number of aromatic nitrogens is 3. The number of hydrogen-bond donors (Lipinski definition) is 0. The Morgan fingerprint density at radius 2 is 2.12 bits per heavy atom. The SMILES string of the molecule is Cc1cc(N2CC3CC(C2)N3C(=O)c2cc(-c3cccs3)on2)ncn1. The largest absolute Gasteiger partial charge is 0.355 e. The van der Waals surface area contributed by atoms with Crippen molar-refractivity contribution in [1.82, 2.24) is 20.0 Å². The molecule has 6 heterocycles. The Hall–Kier alpha value is -2.74. The molecular formula is C18H17N5O2S. The summed E-state index contributed by atoms with van der Waals surface area (Å²) in [6, 6.07) is 8.03. The van der Waals surface area contributed by atoms with E-state index >= 15 is 0 Å². The first-order valence-corrected chi connectivity index (χ1v) is 9.44. The Balaban J connectivity index is 1.31. The number of carbonyl (C=O) groups excluding carboxylic acids is 1. The second-order valence-corrected chi connectivity index (χ2v) is 7.68. The van der Waals surface area contributed by atoms with Crippen LogP contribution in [0.4, 0.5) is 5.82 Å². The molecule has 3 fully saturated rings. The topological polar surface area (TPSA) is 75.4 Å². The zero-order valence-electron chi connectivity index (χ0n) is 14.2. The van der Waals surface area contributed by atoms with Crippen LogP contribution in [0, 0.1) is 6.92 Å². The minimum Gasteiger partial charge on any atom is -0.355 e. The number of thiophene rings is 1. The van der Waals surface area contributed by atoms with Gasteiger partial charge in [0.05, 0.1) is 17.0 Å². The van der Waals surface area contributed by atoms with Gasteiger partial charge in [-0.3, -0.25) is 4.79 Å². The van der Waals surface area contributed by atoms with E-state index < -0.39 is 0 Å². The molecule has 8 heteroatoms. The molecule has 2 unspecified atom stereocenters. The molecule has 3 aliphatic heterocycles. The first-order chi connectivity index (χ1) is 12.7. The lowest BCUT2D eigenvalue weighted by Gasteiger charge is -2.56. The van der Waals surface area contributed by atoms with Gasteiger partial charge >= 0.3 is 0 Å². The molecule has 132 valence electrons. The molecule has 3 aromatic rings. The smallest absolute Gasteiger partial charge is 0.276 e. The molecule has 3 aromatic heterocycles. The molecule has 26 heavy (non-hydrogen) atoms. The van der Waals surface area contributed by atoms with E-state index in [0.29, 0.717) is 11.5 Å². The summed E-state index contributed by atoms with van der Waals surface area (Å²) in [5.74, 6) is 1.53. The van der Waals surface area contributed by atoms with Crippen LogP contribution in [0.2, 0.25) is 0 Å². The summed E-state index contributed by atoms with van der Waals surface area (Å²) in [4.78, 5) is 26.6. The number of fused-ring (bicyclic) bond motifs is 2. The van der Waals surface area contributed by atoms with Crippen LogP contribution >= 0.6 is 11.3 Å². The van der Waals surface area contributed by atoms with Crippen molar-refractivity contribution in [2.75, 3.05) is 18.0 Å². The molecular weight excluding hydrogens is 350 g/mol. The standard InChI is InChI=1S/C18H17N5O2S/c1-11-5-17(20-10-19-11)22-8-12-6-13(9-22)23(12)18(24)14-7-15(25-21-14)16-3-2-4-26-16/h2-5,7,10,12-13H,6,8-9H2,1H3. The van der Waals surface area contributed by atoms with Crippen molar-refractivity contribution in [3.8, 4) is 10.6 Å². The maximum Gasteiger partial charge on any atom is 0.276 e. The average Bonchev–Trinajstić information content (AvgIpc) is 3.33. The third-order valence-electron chi connectivity index (χ3n) is 5.03. The van der Waals surface area contributed by atoms with Crippen LogP contribution in [0.15, 0.2) is 40.5 Å². The molecule has 3 aliphatic rings. The average molecular weight is 367 g/mol. The predicted octanol–water partition coefficient (Wildman–Crippen LogP) is 2.60. The second kappa shape index (κ2) is 5.91. The Bertz CT molecular complexity index is 942. The van der Waals surface area contributed by atoms with Gasteiger partial charge in [-0.1, -0.05) is 11.2 Å². The maximum atomic E-state index is 12.9. The molecule has 0 saturated carbocycles. The zero-order chi connectivity index (χ0) is 17.7. The number of amides is 1. The zero-order valence-corrected chi connectivity index (χ0v) is 15.0. The van der Waals surface area contributed by atoms with Gasteiger partial charge in [0.15, 0.2) is 11.5 Å². The van der Waals surface area contributed by atoms with Crippen LogP contribution in [0.3, 0.4) is 0 Å². The Morgan fingerprint density at radius 3 is 2.85 bits per heavy atom. The van der Waals surface area contributed by atoms with E-state index in [1.807, 2.05) is 35.4 Å². The minimum absolute atomic E-state index is 0.0451. The van der Waals surface area contributed by atoms with Crippen molar-refractivity contribution in [2.24, 2.45) is 0 Å². The number of aryl methyl sites for hydroxylation is 1. The first kappa shape index (κ1) is 15.5. The van der Waals surface area contributed by atoms with Crippen molar-refractivity contribution in [3.05, 3.63) is 47.4 Å². The molecule has 0 N–H and O–H groups in total. The third kappa shape index (κ3) is 2.48. The highest BCUT2D eigenvalue weighted by Gasteiger charge is 2.48. The number of piperazine rings is 1. The van der Waals surface area contributed by atoms with Crippen molar-refractivity contribution >= 4 is 23.1 Å². The fourth-order valence-corrected chi connectivity index (χ4v) is 4.46. The van der Waals surface area contributed by atoms with Crippen LogP contribution in [0.25, 0.3) is 10.6 Å². The Kier molecular flexibility index (Phi) is 3.53. The lowest BCUT2D eigenvalue weighted by molar-refractivity contribution is 0.00492. The van der Waals surface area contributed by atoms with E-state index in [9.17, 15) is 4.79 Å². The van der Waals surface area contributed by atoms with Gasteiger partial charge in [0.25, 0.3) is 5.91 Å². The molecule has 2 bridgehead atoms. The monoisotopic (exact) mass is 367 g/mol. The van der Waals surface area contributed by atoms with E-state index in [4.69, 9.17) is 4.52 Å². The van der Waals surface area contributed by atoms with Gasteiger partial charge < -0.3 is 14.3 Å². The molecule has 0 aromatic carbocycles. The summed E-state index contributed by atoms with van der Waals surface area (Å²) in [5.41, 5.74) is 1.33. The molecule has 0 radical (unpaired) electrons. The summed E-state index contributed by atoms with van der Waals surface area (Å²) in [6.07, 6.45) is 2.62. The van der Waals surface area contributed by atoms with Crippen molar-refractivity contribution in [3.63, 3.8) is 0 Å². The van der Waals surface area contributed by atoms with Gasteiger partial charge in [0.1, 0.15) is 12.1 Å². The molecule has 7 nitrogen and oxygen atoms in total. The van der Waals surface area contributed by atoms with E-state index in [1.165, 1.54) is 0 Å². The fraction of sp³-hybridized carbons (Fsp3) is 0.333. The van der Waals surface area contributed by atoms with E-state index in [2.05, 4.69) is 20.0 Å². The first-order valence-electron chi connectivity index (χ1n) is 8.56. The number of anilines is 1. The summed E-state index contributed by atoms with van der Waals surface area (Å²) in [6.45, 7) is 3.53. The summed E-state index contributed by atoms with van der Waals surface area (Å²) in [5, 5.41) is 5.97. The maximum absolute atomic E-state index is 12.9. The van der Waals surface area contributed by atoms with Crippen LogP contribution in [0.5, 0.6) is 0 Å². The molecule has 1 amide bonds. The Labute approximate surface area is 154 Å². The third-order valence-corrected chi connectivity index (χ3v) is 5.92. The lowest BCUT2D eigenvalue weighted by atomic mass is 9.87. The molecule has 0 aliphatic carbocycles. The number of hydrogen-bond acceptors (Lipinski definition) is 7. The number of nitrogens with zero attached hydrogens (tertiary/aromatic N) is 5. The number of rotatable bonds is 3. The normalized spacial score (nSPS) is 21.6. The highest BCUT2D eigenvalue weighted by molar-refractivity contribution is 7.13. The van der Waals surface area contributed by atoms with Crippen LogP contribution in [-0.2, 0) is 0 Å². The molecule has 2 atom stereocenters. The van der Waals surface area contributed by atoms with Crippen molar-refractivity contribution < 1.29 is 9.32 Å². The fourth-order valence-electron chi connectivity index (χ4n) is 3.78. The quantitative estimate of drug-likeness (QED) is 0.708. The number of piperidine rings is 1. The van der Waals surface area contributed by atoms with Crippen LogP contribution in [-0.4, -0.2) is 51.1 Å². The van der Waals surface area contributed by atoms with Crippen molar-refractivity contribution in [2.45, 2.75) is 25.4 Å². The molecule has 3 saturated heterocycles. The molecule has 0 spiro atoms. The second-order valence-electron chi connectivity index (χ2n) is 6.73. The summed E-state index contributed by atoms with van der Waals surface area (Å²) in [7, 11) is 0. The van der Waals surface area contributed by atoms with Gasteiger partial charge in [-0.25, -0.2) is 9.97 Å². The highest BCUT2D eigenvalue weighted by Crippen LogP contribution is 2.36. The van der Waals surface area contributed by atoms with Gasteiger partial charge in [0, 0.05) is 30.9 Å². The minimum atomic E-state index is -0.0451. The summed E-state index contributed by atoms with van der Waals surface area (Å²) < 4.78 is 5.36. The van der Waals surface area contributed by atoms with Gasteiger partial charge in [-0.2, -0.15) is 0 Å². The van der Waals surface area contributed by atoms with Gasteiger partial charge in [0.2, 0.25) is 0 Å². The molecule has 6 rings (SSSR count). The Morgan fingerprint density at radius 1 is 1.27 bits per heavy atom.